The first-order valence-electron chi connectivity index (χ1n) is 10.9. The zero-order valence-corrected chi connectivity index (χ0v) is 18.3. The fourth-order valence-corrected chi connectivity index (χ4v) is 4.26. The van der Waals surface area contributed by atoms with Gasteiger partial charge in [0.25, 0.3) is 5.91 Å². The standard InChI is InChI=1S/C25H31N3O3/c1-3-13-28-14-10-20(11-15-28)22(17-24(29)30)19-5-7-21(8-6-19)25(31)27-23-16-18(4-2)9-12-26-23/h3,5-9,12-13,16,20,22H,4,10-11,14-15,17H2,1-2H3,(H,29,30)(H,26,27,31)/t22-/m1/s1. The second-order valence-corrected chi connectivity index (χ2v) is 8.04. The third kappa shape index (κ3) is 6.17. The number of benzene rings is 1. The van der Waals surface area contributed by atoms with Gasteiger partial charge in [0.2, 0.25) is 0 Å². The summed E-state index contributed by atoms with van der Waals surface area (Å²) in [5.74, 6) is -0.208. The highest BCUT2D eigenvalue weighted by Crippen LogP contribution is 2.35. The number of piperidine rings is 1. The number of amides is 1. The van der Waals surface area contributed by atoms with Crippen LogP contribution in [0, 0.1) is 5.92 Å². The lowest BCUT2D eigenvalue weighted by molar-refractivity contribution is -0.137. The first kappa shape index (κ1) is 22.5. The molecule has 31 heavy (non-hydrogen) atoms. The van der Waals surface area contributed by atoms with Crippen LogP contribution in [-0.4, -0.2) is 40.0 Å². The smallest absolute Gasteiger partial charge is 0.303 e. The topological polar surface area (TPSA) is 82.5 Å². The first-order valence-corrected chi connectivity index (χ1v) is 10.9. The molecule has 2 aromatic rings. The normalized spacial score (nSPS) is 15.7. The lowest BCUT2D eigenvalue weighted by Gasteiger charge is -2.35. The van der Waals surface area contributed by atoms with E-state index in [9.17, 15) is 14.7 Å². The SMILES string of the molecule is CC=CN1CCC([C@H](CC(=O)O)c2ccc(C(=O)Nc3cc(CC)ccn3)cc2)CC1. The molecular weight excluding hydrogens is 390 g/mol. The predicted molar refractivity (Wildman–Crippen MR) is 122 cm³/mol. The summed E-state index contributed by atoms with van der Waals surface area (Å²) in [6.45, 7) is 5.94. The van der Waals surface area contributed by atoms with Crippen LogP contribution in [0.2, 0.25) is 0 Å². The number of carbonyl (C=O) groups is 2. The Hall–Kier alpha value is -3.15. The van der Waals surface area contributed by atoms with Gasteiger partial charge in [-0.2, -0.15) is 0 Å². The molecule has 1 aliphatic heterocycles. The van der Waals surface area contributed by atoms with E-state index >= 15 is 0 Å². The average molecular weight is 422 g/mol. The number of allylic oxidation sites excluding steroid dienone is 1. The van der Waals surface area contributed by atoms with Gasteiger partial charge in [0.05, 0.1) is 6.42 Å². The second-order valence-electron chi connectivity index (χ2n) is 8.04. The minimum Gasteiger partial charge on any atom is -0.481 e. The van der Waals surface area contributed by atoms with Crippen LogP contribution >= 0.6 is 0 Å². The van der Waals surface area contributed by atoms with E-state index in [4.69, 9.17) is 0 Å². The van der Waals surface area contributed by atoms with Gasteiger partial charge >= 0.3 is 5.97 Å². The second kappa shape index (κ2) is 10.8. The number of aromatic nitrogens is 1. The molecule has 0 saturated carbocycles. The zero-order chi connectivity index (χ0) is 22.2. The van der Waals surface area contributed by atoms with Gasteiger partial charge in [-0.3, -0.25) is 9.59 Å². The van der Waals surface area contributed by atoms with Crippen LogP contribution in [0.1, 0.15) is 60.5 Å². The van der Waals surface area contributed by atoms with E-state index in [1.54, 1.807) is 18.3 Å². The van der Waals surface area contributed by atoms with Crippen LogP contribution in [0.15, 0.2) is 54.9 Å². The van der Waals surface area contributed by atoms with E-state index in [-0.39, 0.29) is 18.2 Å². The number of carboxylic acids is 1. The van der Waals surface area contributed by atoms with Crippen molar-refractivity contribution in [3.8, 4) is 0 Å². The third-order valence-corrected chi connectivity index (χ3v) is 5.97. The average Bonchev–Trinajstić information content (AvgIpc) is 2.78. The number of hydrogen-bond acceptors (Lipinski definition) is 4. The molecule has 1 aromatic heterocycles. The van der Waals surface area contributed by atoms with Crippen LogP contribution in [0.3, 0.4) is 0 Å². The van der Waals surface area contributed by atoms with E-state index in [1.807, 2.05) is 37.3 Å². The summed E-state index contributed by atoms with van der Waals surface area (Å²) >= 11 is 0. The fraction of sp³-hybridized carbons (Fsp3) is 0.400. The number of pyridine rings is 1. The van der Waals surface area contributed by atoms with Crippen LogP contribution in [0.4, 0.5) is 5.82 Å². The van der Waals surface area contributed by atoms with Gasteiger partial charge < -0.3 is 15.3 Å². The van der Waals surface area contributed by atoms with Crippen LogP contribution < -0.4 is 5.32 Å². The van der Waals surface area contributed by atoms with Gasteiger partial charge in [0, 0.05) is 24.8 Å². The Morgan fingerprint density at radius 1 is 1.23 bits per heavy atom. The number of nitrogens with one attached hydrogen (secondary N) is 1. The quantitative estimate of drug-likeness (QED) is 0.646. The van der Waals surface area contributed by atoms with E-state index in [2.05, 4.69) is 28.3 Å². The Morgan fingerprint density at radius 2 is 1.94 bits per heavy atom. The maximum atomic E-state index is 12.6. The maximum Gasteiger partial charge on any atom is 0.303 e. The molecule has 1 aromatic carbocycles. The number of nitrogens with zero attached hydrogens (tertiary/aromatic N) is 2. The number of carbonyl (C=O) groups excluding carboxylic acids is 1. The van der Waals surface area contributed by atoms with Crippen molar-refractivity contribution in [1.29, 1.82) is 0 Å². The number of aliphatic carboxylic acids is 1. The largest absolute Gasteiger partial charge is 0.481 e. The summed E-state index contributed by atoms with van der Waals surface area (Å²) in [6, 6.07) is 11.1. The number of likely N-dealkylation sites (tertiary alicyclic amines) is 1. The van der Waals surface area contributed by atoms with Gasteiger partial charge in [-0.15, -0.1) is 0 Å². The molecule has 1 atom stereocenters. The monoisotopic (exact) mass is 421 g/mol. The third-order valence-electron chi connectivity index (χ3n) is 5.97. The minimum atomic E-state index is -0.787. The van der Waals surface area contributed by atoms with Crippen LogP contribution in [0.25, 0.3) is 0 Å². The molecule has 2 N–H and O–H groups in total. The van der Waals surface area contributed by atoms with Crippen molar-refractivity contribution in [3.05, 3.63) is 71.6 Å². The molecule has 0 radical (unpaired) electrons. The maximum absolute atomic E-state index is 12.6. The highest BCUT2D eigenvalue weighted by Gasteiger charge is 2.28. The van der Waals surface area contributed by atoms with Gasteiger partial charge in [0.15, 0.2) is 0 Å². The lowest BCUT2D eigenvalue weighted by Crippen LogP contribution is -2.32. The number of hydrogen-bond donors (Lipinski definition) is 2. The zero-order valence-electron chi connectivity index (χ0n) is 18.3. The molecule has 1 aliphatic rings. The number of carboxylic acid groups (broad SMARTS) is 1. The summed E-state index contributed by atoms with van der Waals surface area (Å²) in [5.41, 5.74) is 2.62. The summed E-state index contributed by atoms with van der Waals surface area (Å²) in [7, 11) is 0. The molecule has 0 unspecified atom stereocenters. The molecule has 164 valence electrons. The van der Waals surface area contributed by atoms with Crippen molar-refractivity contribution < 1.29 is 14.7 Å². The Kier molecular flexibility index (Phi) is 7.82. The summed E-state index contributed by atoms with van der Waals surface area (Å²) in [6.07, 6.45) is 8.73. The Bertz CT molecular complexity index is 916. The van der Waals surface area contributed by atoms with E-state index in [1.165, 1.54) is 0 Å². The molecule has 2 heterocycles. The number of anilines is 1. The Balaban J connectivity index is 1.70. The van der Waals surface area contributed by atoms with Crippen LogP contribution in [-0.2, 0) is 11.2 Å². The van der Waals surface area contributed by atoms with Crippen molar-refractivity contribution in [2.24, 2.45) is 5.92 Å². The van der Waals surface area contributed by atoms with E-state index in [0.717, 1.165) is 43.5 Å². The summed E-state index contributed by atoms with van der Waals surface area (Å²) in [5, 5.41) is 12.3. The van der Waals surface area contributed by atoms with Crippen LogP contribution in [0.5, 0.6) is 0 Å². The number of aryl methyl sites for hydroxylation is 1. The van der Waals surface area contributed by atoms with Crippen molar-refractivity contribution >= 4 is 17.7 Å². The van der Waals surface area contributed by atoms with Gasteiger partial charge in [-0.25, -0.2) is 4.98 Å². The molecular formula is C25H31N3O3. The molecule has 6 nitrogen and oxygen atoms in total. The molecule has 6 heteroatoms. The molecule has 1 saturated heterocycles. The van der Waals surface area contributed by atoms with Crippen molar-refractivity contribution in [2.75, 3.05) is 18.4 Å². The summed E-state index contributed by atoms with van der Waals surface area (Å²) in [4.78, 5) is 30.6. The van der Waals surface area contributed by atoms with Gasteiger partial charge in [-0.1, -0.05) is 25.1 Å². The molecule has 3 rings (SSSR count). The van der Waals surface area contributed by atoms with E-state index < -0.39 is 5.97 Å². The molecule has 1 amide bonds. The van der Waals surface area contributed by atoms with Crippen molar-refractivity contribution in [3.63, 3.8) is 0 Å². The minimum absolute atomic E-state index is 0.0507. The Morgan fingerprint density at radius 3 is 2.55 bits per heavy atom. The van der Waals surface area contributed by atoms with Gasteiger partial charge in [0.1, 0.15) is 5.82 Å². The number of rotatable bonds is 8. The Labute approximate surface area is 184 Å². The molecule has 1 fully saturated rings. The molecule has 0 spiro atoms. The van der Waals surface area contributed by atoms with Gasteiger partial charge in [-0.05, 0) is 79.6 Å². The lowest BCUT2D eigenvalue weighted by atomic mass is 9.78. The molecule has 0 bridgehead atoms. The van der Waals surface area contributed by atoms with E-state index in [0.29, 0.717) is 17.3 Å². The van der Waals surface area contributed by atoms with Crippen molar-refractivity contribution in [1.82, 2.24) is 9.88 Å². The highest BCUT2D eigenvalue weighted by atomic mass is 16.4. The molecule has 0 aliphatic carbocycles. The highest BCUT2D eigenvalue weighted by molar-refractivity contribution is 6.03. The first-order chi connectivity index (χ1) is 15.0. The predicted octanol–water partition coefficient (Wildman–Crippen LogP) is 4.70. The summed E-state index contributed by atoms with van der Waals surface area (Å²) < 4.78 is 0. The van der Waals surface area contributed by atoms with Crippen molar-refractivity contribution in [2.45, 2.75) is 45.4 Å². The fourth-order valence-electron chi connectivity index (χ4n) is 4.26.